The van der Waals surface area contributed by atoms with Crippen molar-refractivity contribution in [1.82, 2.24) is 5.32 Å². The van der Waals surface area contributed by atoms with Crippen molar-refractivity contribution in [2.24, 2.45) is 0 Å². The molecular weight excluding hydrogens is 791 g/mol. The third-order valence-electron chi connectivity index (χ3n) is 13.2. The molecule has 3 N–H and O–H groups in total. The first-order chi connectivity index (χ1) is 31.5. The second-order valence-corrected chi connectivity index (χ2v) is 19.6. The Morgan fingerprint density at radius 3 is 1.11 bits per heavy atom. The van der Waals surface area contributed by atoms with Crippen LogP contribution in [0.15, 0.2) is 24.3 Å². The molecule has 0 aromatic heterocycles. The van der Waals surface area contributed by atoms with Crippen molar-refractivity contribution in [2.45, 2.75) is 321 Å². The van der Waals surface area contributed by atoms with E-state index in [2.05, 4.69) is 43.5 Å². The fourth-order valence-corrected chi connectivity index (χ4v) is 8.81. The maximum absolute atomic E-state index is 12.5. The van der Waals surface area contributed by atoms with Gasteiger partial charge < -0.3 is 20.3 Å². The van der Waals surface area contributed by atoms with E-state index in [0.717, 1.165) is 64.2 Å². The Labute approximate surface area is 399 Å². The number of carbonyl (C=O) groups excluding carboxylic acids is 2. The second-order valence-electron chi connectivity index (χ2n) is 19.6. The van der Waals surface area contributed by atoms with Crippen LogP contribution in [0.1, 0.15) is 309 Å². The highest BCUT2D eigenvalue weighted by atomic mass is 16.5. The maximum Gasteiger partial charge on any atom is 0.305 e. The SMILES string of the molecule is CCCCCCCCC/C=C\CCCCCCCC(=O)OCCCCCCCCC/C=C\CCCCCCCC(=O)NC(CO)C(O)CCCCCCCCCCCCCCCCC. The monoisotopic (exact) mass is 902 g/mol. The molecule has 0 rings (SSSR count). The zero-order chi connectivity index (χ0) is 46.5. The smallest absolute Gasteiger partial charge is 0.305 e. The lowest BCUT2D eigenvalue weighted by Crippen LogP contribution is -2.45. The third-order valence-corrected chi connectivity index (χ3v) is 13.2. The molecule has 0 fully saturated rings. The van der Waals surface area contributed by atoms with Crippen molar-refractivity contribution in [1.29, 1.82) is 0 Å². The van der Waals surface area contributed by atoms with Gasteiger partial charge in [0.2, 0.25) is 5.91 Å². The van der Waals surface area contributed by atoms with Crippen molar-refractivity contribution in [3.05, 3.63) is 24.3 Å². The molecule has 0 radical (unpaired) electrons. The van der Waals surface area contributed by atoms with Gasteiger partial charge in [0, 0.05) is 12.8 Å². The Bertz CT molecular complexity index is 997. The Balaban J connectivity index is 3.46. The van der Waals surface area contributed by atoms with E-state index in [4.69, 9.17) is 4.74 Å². The first-order valence-electron chi connectivity index (χ1n) is 28.6. The zero-order valence-electron chi connectivity index (χ0n) is 43.0. The van der Waals surface area contributed by atoms with Crippen LogP contribution >= 0.6 is 0 Å². The molecule has 6 heteroatoms. The van der Waals surface area contributed by atoms with Gasteiger partial charge in [-0.05, 0) is 77.0 Å². The lowest BCUT2D eigenvalue weighted by molar-refractivity contribution is -0.143. The zero-order valence-corrected chi connectivity index (χ0v) is 43.0. The highest BCUT2D eigenvalue weighted by Gasteiger charge is 2.20. The molecule has 0 saturated carbocycles. The van der Waals surface area contributed by atoms with Crippen LogP contribution in [0.2, 0.25) is 0 Å². The van der Waals surface area contributed by atoms with Crippen LogP contribution in [0, 0.1) is 0 Å². The average molecular weight is 903 g/mol. The first-order valence-corrected chi connectivity index (χ1v) is 28.6. The van der Waals surface area contributed by atoms with Crippen LogP contribution < -0.4 is 5.32 Å². The number of carbonyl (C=O) groups is 2. The fourth-order valence-electron chi connectivity index (χ4n) is 8.81. The van der Waals surface area contributed by atoms with Crippen molar-refractivity contribution >= 4 is 11.9 Å². The molecular formula is C58H111NO5. The summed E-state index contributed by atoms with van der Waals surface area (Å²) >= 11 is 0. The summed E-state index contributed by atoms with van der Waals surface area (Å²) in [6.45, 7) is 4.93. The standard InChI is InChI=1S/C58H111NO5/c1-3-5-7-9-11-13-15-17-19-24-28-32-36-40-44-48-52-58(63)64-53-49-45-41-37-33-29-25-21-20-23-27-31-35-39-43-47-51-57(62)59-55(54-60)56(61)50-46-42-38-34-30-26-22-18-16-14-12-10-8-6-4-2/h19-20,23-24,55-56,60-61H,3-18,21-22,25-54H2,1-2H3,(H,59,62)/b23-20-,24-19-. The molecule has 0 aliphatic rings. The predicted molar refractivity (Wildman–Crippen MR) is 278 cm³/mol. The Kier molecular flexibility index (Phi) is 52.6. The van der Waals surface area contributed by atoms with Gasteiger partial charge >= 0.3 is 5.97 Å². The van der Waals surface area contributed by atoms with Crippen molar-refractivity contribution in [2.75, 3.05) is 13.2 Å². The Morgan fingerprint density at radius 1 is 0.422 bits per heavy atom. The minimum atomic E-state index is -0.674. The number of nitrogens with one attached hydrogen (secondary N) is 1. The fraction of sp³-hybridized carbons (Fsp3) is 0.897. The Morgan fingerprint density at radius 2 is 0.734 bits per heavy atom. The molecule has 2 atom stereocenters. The van der Waals surface area contributed by atoms with Gasteiger partial charge in [-0.15, -0.1) is 0 Å². The number of unbranched alkanes of at least 4 members (excludes halogenated alkanes) is 38. The summed E-state index contributed by atoms with van der Waals surface area (Å²) in [5.74, 6) is -0.0611. The van der Waals surface area contributed by atoms with Crippen LogP contribution in [0.3, 0.4) is 0 Å². The first kappa shape index (κ1) is 62.3. The van der Waals surface area contributed by atoms with Gasteiger partial charge in [0.25, 0.3) is 0 Å². The normalized spacial score (nSPS) is 12.8. The summed E-state index contributed by atoms with van der Waals surface area (Å²) in [6.07, 6.45) is 64.5. The second kappa shape index (κ2) is 54.0. The molecule has 0 spiro atoms. The van der Waals surface area contributed by atoms with Crippen LogP contribution in [0.25, 0.3) is 0 Å². The van der Waals surface area contributed by atoms with E-state index in [0.29, 0.717) is 25.9 Å². The van der Waals surface area contributed by atoms with Gasteiger partial charge in [0.1, 0.15) is 0 Å². The molecule has 0 saturated heterocycles. The molecule has 6 nitrogen and oxygen atoms in total. The van der Waals surface area contributed by atoms with E-state index < -0.39 is 12.1 Å². The van der Waals surface area contributed by atoms with Crippen molar-refractivity contribution < 1.29 is 24.5 Å². The number of aliphatic hydroxyl groups is 2. The van der Waals surface area contributed by atoms with Gasteiger partial charge in [-0.25, -0.2) is 0 Å². The number of aliphatic hydroxyl groups excluding tert-OH is 2. The number of esters is 1. The lowest BCUT2D eigenvalue weighted by Gasteiger charge is -2.22. The highest BCUT2D eigenvalue weighted by molar-refractivity contribution is 5.76. The quantitative estimate of drug-likeness (QED) is 0.0321. The van der Waals surface area contributed by atoms with Gasteiger partial charge in [0.15, 0.2) is 0 Å². The molecule has 0 bridgehead atoms. The van der Waals surface area contributed by atoms with Crippen molar-refractivity contribution in [3.63, 3.8) is 0 Å². The summed E-state index contributed by atoms with van der Waals surface area (Å²) < 4.78 is 5.47. The van der Waals surface area contributed by atoms with Crippen LogP contribution in [0.5, 0.6) is 0 Å². The third kappa shape index (κ3) is 49.8. The van der Waals surface area contributed by atoms with Crippen LogP contribution in [-0.2, 0) is 14.3 Å². The number of ether oxygens (including phenoxy) is 1. The molecule has 0 aliphatic carbocycles. The van der Waals surface area contributed by atoms with E-state index in [-0.39, 0.29) is 18.5 Å². The van der Waals surface area contributed by atoms with Gasteiger partial charge in [-0.1, -0.05) is 244 Å². The molecule has 0 aliphatic heterocycles. The van der Waals surface area contributed by atoms with Gasteiger partial charge in [-0.3, -0.25) is 9.59 Å². The summed E-state index contributed by atoms with van der Waals surface area (Å²) in [4.78, 5) is 24.5. The van der Waals surface area contributed by atoms with E-state index in [1.165, 1.54) is 212 Å². The summed E-state index contributed by atoms with van der Waals surface area (Å²) in [5, 5.41) is 23.2. The molecule has 2 unspecified atom stereocenters. The van der Waals surface area contributed by atoms with Crippen LogP contribution in [0.4, 0.5) is 0 Å². The summed E-state index contributed by atoms with van der Waals surface area (Å²) in [5.41, 5.74) is 0. The highest BCUT2D eigenvalue weighted by Crippen LogP contribution is 2.17. The Hall–Kier alpha value is -1.66. The minimum absolute atomic E-state index is 0.00997. The van der Waals surface area contributed by atoms with E-state index in [1.807, 2.05) is 0 Å². The lowest BCUT2D eigenvalue weighted by atomic mass is 10.0. The van der Waals surface area contributed by atoms with E-state index >= 15 is 0 Å². The minimum Gasteiger partial charge on any atom is -0.466 e. The molecule has 64 heavy (non-hydrogen) atoms. The number of hydrogen-bond acceptors (Lipinski definition) is 5. The molecule has 0 aromatic carbocycles. The number of rotatable bonds is 53. The van der Waals surface area contributed by atoms with Gasteiger partial charge in [-0.2, -0.15) is 0 Å². The molecule has 0 aromatic rings. The number of allylic oxidation sites excluding steroid dienone is 4. The van der Waals surface area contributed by atoms with Crippen LogP contribution in [-0.4, -0.2) is 47.4 Å². The van der Waals surface area contributed by atoms with E-state index in [1.54, 1.807) is 0 Å². The number of amides is 1. The van der Waals surface area contributed by atoms with Crippen molar-refractivity contribution in [3.8, 4) is 0 Å². The summed E-state index contributed by atoms with van der Waals surface area (Å²) in [6, 6.07) is -0.553. The summed E-state index contributed by atoms with van der Waals surface area (Å²) in [7, 11) is 0. The maximum atomic E-state index is 12.5. The van der Waals surface area contributed by atoms with E-state index in [9.17, 15) is 19.8 Å². The molecule has 1 amide bonds. The average Bonchev–Trinajstić information content (AvgIpc) is 3.29. The molecule has 0 heterocycles. The predicted octanol–water partition coefficient (Wildman–Crippen LogP) is 17.5. The van der Waals surface area contributed by atoms with Gasteiger partial charge in [0.05, 0.1) is 25.4 Å². The molecule has 378 valence electrons. The largest absolute Gasteiger partial charge is 0.466 e. The number of hydrogen-bond donors (Lipinski definition) is 3. The topological polar surface area (TPSA) is 95.9 Å².